The minimum Gasteiger partial charge on any atom is -0.480 e. The highest BCUT2D eigenvalue weighted by Crippen LogP contribution is 2.08. The summed E-state index contributed by atoms with van der Waals surface area (Å²) < 4.78 is 0. The van der Waals surface area contributed by atoms with Gasteiger partial charge in [0.2, 0.25) is 23.6 Å². The maximum atomic E-state index is 12.9. The van der Waals surface area contributed by atoms with Gasteiger partial charge < -0.3 is 44.0 Å². The van der Waals surface area contributed by atoms with Crippen LogP contribution >= 0.6 is 0 Å². The second kappa shape index (κ2) is 14.6. The van der Waals surface area contributed by atoms with Gasteiger partial charge in [0, 0.05) is 6.54 Å². The summed E-state index contributed by atoms with van der Waals surface area (Å²) in [5.41, 5.74) is 21.1. The summed E-state index contributed by atoms with van der Waals surface area (Å²) in [6.07, 6.45) is 0.0518. The van der Waals surface area contributed by atoms with E-state index in [1.165, 1.54) is 6.92 Å². The zero-order chi connectivity index (χ0) is 25.7. The van der Waals surface area contributed by atoms with Crippen molar-refractivity contribution in [3.05, 3.63) is 0 Å². The van der Waals surface area contributed by atoms with Crippen molar-refractivity contribution in [2.45, 2.75) is 70.6 Å². The molecule has 0 aliphatic heterocycles. The molecule has 0 fully saturated rings. The van der Waals surface area contributed by atoms with Crippen molar-refractivity contribution in [2.24, 2.45) is 33.8 Å². The molecular weight excluding hydrogens is 436 g/mol. The number of rotatable bonds is 15. The quantitative estimate of drug-likeness (QED) is 0.0678. The number of carbonyl (C=O) groups excluding carboxylic acids is 4. The maximum absolute atomic E-state index is 12.9. The summed E-state index contributed by atoms with van der Waals surface area (Å²) in [6.45, 7) is 5.26. The van der Waals surface area contributed by atoms with E-state index < -0.39 is 60.2 Å². The fraction of sp³-hybridized carbons (Fsp3) is 0.684. The van der Waals surface area contributed by atoms with E-state index in [1.54, 1.807) is 13.8 Å². The van der Waals surface area contributed by atoms with E-state index in [1.807, 2.05) is 0 Å². The Morgan fingerprint density at radius 1 is 0.848 bits per heavy atom. The predicted octanol–water partition coefficient (Wildman–Crippen LogP) is -3.15. The van der Waals surface area contributed by atoms with Gasteiger partial charge in [0.1, 0.15) is 18.1 Å². The van der Waals surface area contributed by atoms with Gasteiger partial charge in [-0.15, -0.1) is 0 Å². The number of amides is 4. The highest BCUT2D eigenvalue weighted by Gasteiger charge is 2.30. The number of hydrogen-bond donors (Lipinski definition) is 8. The van der Waals surface area contributed by atoms with Crippen molar-refractivity contribution in [3.63, 3.8) is 0 Å². The monoisotopic (exact) mass is 472 g/mol. The van der Waals surface area contributed by atoms with Crippen LogP contribution in [0.3, 0.4) is 0 Å². The first-order valence-electron chi connectivity index (χ1n) is 10.5. The summed E-state index contributed by atoms with van der Waals surface area (Å²) in [5.74, 6) is -4.58. The second-order valence-electron chi connectivity index (χ2n) is 8.06. The summed E-state index contributed by atoms with van der Waals surface area (Å²) >= 11 is 0. The molecule has 0 aliphatic carbocycles. The molecule has 0 aromatic carbocycles. The number of nitrogens with two attached hydrogens (primary N) is 4. The lowest BCUT2D eigenvalue weighted by Crippen LogP contribution is -2.57. The molecule has 0 saturated carbocycles. The Bertz CT molecular complexity index is 736. The molecule has 188 valence electrons. The molecule has 0 aromatic rings. The van der Waals surface area contributed by atoms with Gasteiger partial charge in [0.15, 0.2) is 5.96 Å². The third-order valence-electron chi connectivity index (χ3n) is 4.35. The molecule has 33 heavy (non-hydrogen) atoms. The first-order valence-corrected chi connectivity index (χ1v) is 10.5. The number of nitrogens with one attached hydrogen (secondary N) is 3. The van der Waals surface area contributed by atoms with E-state index in [0.29, 0.717) is 6.42 Å². The number of aliphatic carboxylic acids is 1. The average Bonchev–Trinajstić information content (AvgIpc) is 2.67. The summed E-state index contributed by atoms with van der Waals surface area (Å²) in [7, 11) is 0. The molecule has 0 rings (SSSR count). The van der Waals surface area contributed by atoms with Gasteiger partial charge in [-0.1, -0.05) is 13.8 Å². The van der Waals surface area contributed by atoms with E-state index in [9.17, 15) is 29.1 Å². The molecule has 0 saturated heterocycles. The number of carbonyl (C=O) groups is 5. The zero-order valence-electron chi connectivity index (χ0n) is 19.2. The predicted molar refractivity (Wildman–Crippen MR) is 120 cm³/mol. The largest absolute Gasteiger partial charge is 0.480 e. The van der Waals surface area contributed by atoms with Gasteiger partial charge in [-0.25, -0.2) is 4.79 Å². The fourth-order valence-electron chi connectivity index (χ4n) is 2.72. The van der Waals surface area contributed by atoms with E-state index in [2.05, 4.69) is 20.9 Å². The molecule has 0 radical (unpaired) electrons. The van der Waals surface area contributed by atoms with Crippen LogP contribution in [0.25, 0.3) is 0 Å². The zero-order valence-corrected chi connectivity index (χ0v) is 19.2. The Morgan fingerprint density at radius 2 is 1.36 bits per heavy atom. The Labute approximate surface area is 192 Å². The number of carboxylic acid groups (broad SMARTS) is 1. The maximum Gasteiger partial charge on any atom is 0.326 e. The fourth-order valence-corrected chi connectivity index (χ4v) is 2.72. The Hall–Kier alpha value is -3.42. The van der Waals surface area contributed by atoms with Crippen LogP contribution < -0.4 is 38.9 Å². The second-order valence-corrected chi connectivity index (χ2v) is 8.06. The molecule has 12 N–H and O–H groups in total. The molecule has 0 aromatic heterocycles. The van der Waals surface area contributed by atoms with Gasteiger partial charge in [-0.3, -0.25) is 24.2 Å². The normalized spacial score (nSPS) is 14.3. The minimum atomic E-state index is -1.55. The summed E-state index contributed by atoms with van der Waals surface area (Å²) in [4.78, 5) is 63.9. The minimum absolute atomic E-state index is 0.0561. The molecule has 4 atom stereocenters. The number of aliphatic imine (C=N–C) groups is 1. The first-order chi connectivity index (χ1) is 15.2. The molecule has 14 heteroatoms. The lowest BCUT2D eigenvalue weighted by molar-refractivity contribution is -0.143. The first kappa shape index (κ1) is 29.6. The molecule has 0 heterocycles. The van der Waals surface area contributed by atoms with E-state index in [-0.39, 0.29) is 31.3 Å². The van der Waals surface area contributed by atoms with Gasteiger partial charge >= 0.3 is 5.97 Å². The van der Waals surface area contributed by atoms with Gasteiger partial charge in [-0.2, -0.15) is 0 Å². The number of guanidine groups is 1. The van der Waals surface area contributed by atoms with Crippen molar-refractivity contribution in [1.29, 1.82) is 0 Å². The molecule has 0 bridgehead atoms. The van der Waals surface area contributed by atoms with Crippen molar-refractivity contribution in [3.8, 4) is 0 Å². The van der Waals surface area contributed by atoms with Crippen molar-refractivity contribution < 1.29 is 29.1 Å². The lowest BCUT2D eigenvalue weighted by Gasteiger charge is -2.25. The van der Waals surface area contributed by atoms with E-state index in [4.69, 9.17) is 22.9 Å². The van der Waals surface area contributed by atoms with Crippen LogP contribution in [0.5, 0.6) is 0 Å². The van der Waals surface area contributed by atoms with E-state index >= 15 is 0 Å². The molecule has 0 spiro atoms. The molecule has 14 nitrogen and oxygen atoms in total. The number of hydrogen-bond acceptors (Lipinski definition) is 7. The highest BCUT2D eigenvalue weighted by atomic mass is 16.4. The van der Waals surface area contributed by atoms with Gasteiger partial charge in [-0.05, 0) is 32.1 Å². The van der Waals surface area contributed by atoms with Crippen LogP contribution in [0.1, 0.15) is 46.5 Å². The Balaban J connectivity index is 5.49. The molecule has 4 unspecified atom stereocenters. The topological polar surface area (TPSA) is 258 Å². The number of primary amides is 1. The lowest BCUT2D eigenvalue weighted by atomic mass is 10.0. The molecule has 4 amide bonds. The number of carboxylic acids is 1. The molecular formula is C19H36N8O6. The van der Waals surface area contributed by atoms with Crippen LogP contribution in [0.4, 0.5) is 0 Å². The third-order valence-corrected chi connectivity index (χ3v) is 4.35. The van der Waals surface area contributed by atoms with Crippen molar-refractivity contribution in [2.75, 3.05) is 6.54 Å². The van der Waals surface area contributed by atoms with Crippen LogP contribution in [0, 0.1) is 5.92 Å². The van der Waals surface area contributed by atoms with Crippen LogP contribution in [-0.4, -0.2) is 71.4 Å². The SMILES string of the molecule is CC(C)CC(NC(=O)C(CCCN=C(N)N)NC(=O)C(C)N)C(=O)NC(CC(N)=O)C(=O)O. The van der Waals surface area contributed by atoms with Crippen LogP contribution in [0.15, 0.2) is 4.99 Å². The molecule has 0 aliphatic rings. The number of nitrogens with zero attached hydrogens (tertiary/aromatic N) is 1. The van der Waals surface area contributed by atoms with Crippen LogP contribution in [-0.2, 0) is 24.0 Å². The Morgan fingerprint density at radius 3 is 1.82 bits per heavy atom. The van der Waals surface area contributed by atoms with Crippen molar-refractivity contribution >= 4 is 35.6 Å². The average molecular weight is 473 g/mol. The summed E-state index contributed by atoms with van der Waals surface area (Å²) in [6, 6.07) is -4.59. The van der Waals surface area contributed by atoms with Gasteiger partial charge in [0.05, 0.1) is 12.5 Å². The van der Waals surface area contributed by atoms with Gasteiger partial charge in [0.25, 0.3) is 0 Å². The van der Waals surface area contributed by atoms with E-state index in [0.717, 1.165) is 0 Å². The Kier molecular flexibility index (Phi) is 13.1. The standard InChI is InChI=1S/C19H36N8O6/c1-9(2)7-12(17(31)27-13(18(32)33)8-14(21)28)26-16(30)11(25-15(29)10(3)20)5-4-6-24-19(22)23/h9-13H,4-8,20H2,1-3H3,(H2,21,28)(H,25,29)(H,26,30)(H,27,31)(H,32,33)(H4,22,23,24). The van der Waals surface area contributed by atoms with Crippen LogP contribution in [0.2, 0.25) is 0 Å². The highest BCUT2D eigenvalue weighted by molar-refractivity contribution is 5.94. The smallest absolute Gasteiger partial charge is 0.326 e. The van der Waals surface area contributed by atoms with Crippen molar-refractivity contribution in [1.82, 2.24) is 16.0 Å². The summed E-state index contributed by atoms with van der Waals surface area (Å²) in [5, 5.41) is 16.5. The third kappa shape index (κ3) is 12.9.